The van der Waals surface area contributed by atoms with Crippen LogP contribution in [0, 0.1) is 11.8 Å². The van der Waals surface area contributed by atoms with Crippen LogP contribution in [0.4, 0.5) is 5.69 Å². The van der Waals surface area contributed by atoms with Crippen molar-refractivity contribution in [3.05, 3.63) is 29.5 Å². The first-order valence-corrected chi connectivity index (χ1v) is 10.3. The fraction of sp³-hybridized carbons (Fsp3) is 0.545. The van der Waals surface area contributed by atoms with Crippen LogP contribution in [0.3, 0.4) is 0 Å². The third-order valence-electron chi connectivity index (χ3n) is 7.56. The fourth-order valence-corrected chi connectivity index (χ4v) is 6.03. The summed E-state index contributed by atoms with van der Waals surface area (Å²) in [6.45, 7) is 3.50. The molecule has 0 aliphatic carbocycles. The second-order valence-electron chi connectivity index (χ2n) is 8.66. The lowest BCUT2D eigenvalue weighted by molar-refractivity contribution is -0.135. The molecule has 5 rings (SSSR count). The number of carboxylic acids is 1. The summed E-state index contributed by atoms with van der Waals surface area (Å²) in [4.78, 5) is 27.6. The third kappa shape index (κ3) is 2.43. The lowest BCUT2D eigenvalue weighted by Gasteiger charge is -2.47. The van der Waals surface area contributed by atoms with Crippen molar-refractivity contribution in [2.75, 3.05) is 32.6 Å². The van der Waals surface area contributed by atoms with Crippen LogP contribution >= 0.6 is 0 Å². The largest absolute Gasteiger partial charge is 0.497 e. The van der Waals surface area contributed by atoms with Crippen molar-refractivity contribution in [3.63, 3.8) is 0 Å². The van der Waals surface area contributed by atoms with Gasteiger partial charge in [0.05, 0.1) is 37.6 Å². The average Bonchev–Trinajstić information content (AvgIpc) is 3.24. The number of piperidine rings is 1. The van der Waals surface area contributed by atoms with E-state index >= 15 is 0 Å². The number of nitrogens with zero attached hydrogens (tertiary/aromatic N) is 1. The SMILES string of the molecule is COc1cc2c(cc1OC)[C@]1(CCN3C[C@H]4[C@H](C)OC=C(C(=O)O)[C@H]4C[C@H]31)C(=O)N2. The highest BCUT2D eigenvalue weighted by Gasteiger charge is 2.61. The van der Waals surface area contributed by atoms with Gasteiger partial charge in [0.2, 0.25) is 5.91 Å². The number of carbonyl (C=O) groups is 2. The molecule has 1 aromatic rings. The van der Waals surface area contributed by atoms with Gasteiger partial charge in [-0.3, -0.25) is 9.69 Å². The zero-order valence-electron chi connectivity index (χ0n) is 17.3. The van der Waals surface area contributed by atoms with Gasteiger partial charge in [-0.15, -0.1) is 0 Å². The number of aliphatic carboxylic acids is 1. The monoisotopic (exact) mass is 414 g/mol. The van der Waals surface area contributed by atoms with Gasteiger partial charge in [0, 0.05) is 36.2 Å². The molecular formula is C22H26N2O6. The van der Waals surface area contributed by atoms with Crippen molar-refractivity contribution in [3.8, 4) is 11.5 Å². The molecule has 0 saturated carbocycles. The second kappa shape index (κ2) is 6.63. The standard InChI is InChI=1S/C22H26N2O6/c1-11-13-9-24-5-4-22(19(24)6-12(13)14(10-30-11)20(25)26)15-7-17(28-2)18(29-3)8-16(15)23-21(22)27/h7-8,10-13,19H,4-6,9H2,1-3H3,(H,23,27)(H,25,26)/t11-,12-,13-,19-,22-/m0/s1. The number of rotatable bonds is 3. The van der Waals surface area contributed by atoms with Crippen molar-refractivity contribution in [2.24, 2.45) is 11.8 Å². The molecule has 4 aliphatic heterocycles. The zero-order chi connectivity index (χ0) is 21.2. The van der Waals surface area contributed by atoms with Crippen molar-refractivity contribution < 1.29 is 28.9 Å². The highest BCUT2D eigenvalue weighted by molar-refractivity contribution is 6.07. The molecule has 1 aromatic carbocycles. The number of anilines is 1. The van der Waals surface area contributed by atoms with E-state index in [-0.39, 0.29) is 29.9 Å². The zero-order valence-corrected chi connectivity index (χ0v) is 17.3. The molecule has 160 valence electrons. The van der Waals surface area contributed by atoms with E-state index in [4.69, 9.17) is 14.2 Å². The molecule has 0 unspecified atom stereocenters. The molecule has 5 atom stereocenters. The molecule has 8 nitrogen and oxygen atoms in total. The van der Waals surface area contributed by atoms with Crippen LogP contribution in [0.5, 0.6) is 11.5 Å². The van der Waals surface area contributed by atoms with Gasteiger partial charge in [-0.1, -0.05) is 0 Å². The van der Waals surface area contributed by atoms with Crippen molar-refractivity contribution in [1.82, 2.24) is 4.90 Å². The lowest BCUT2D eigenvalue weighted by Crippen LogP contribution is -2.56. The number of benzene rings is 1. The molecule has 30 heavy (non-hydrogen) atoms. The Hall–Kier alpha value is -2.74. The molecule has 0 bridgehead atoms. The first kappa shape index (κ1) is 19.2. The van der Waals surface area contributed by atoms with Gasteiger partial charge in [-0.25, -0.2) is 4.79 Å². The number of fused-ring (bicyclic) bond motifs is 5. The molecule has 4 aliphatic rings. The lowest BCUT2D eigenvalue weighted by atomic mass is 9.66. The Morgan fingerprint density at radius 3 is 2.73 bits per heavy atom. The van der Waals surface area contributed by atoms with Crippen LogP contribution in [0.1, 0.15) is 25.3 Å². The summed E-state index contributed by atoms with van der Waals surface area (Å²) < 4.78 is 16.5. The Kier molecular flexibility index (Phi) is 4.25. The smallest absolute Gasteiger partial charge is 0.334 e. The molecule has 0 radical (unpaired) electrons. The highest BCUT2D eigenvalue weighted by Crippen LogP contribution is 2.55. The number of methoxy groups -OCH3 is 2. The predicted octanol–water partition coefficient (Wildman–Crippen LogP) is 1.99. The summed E-state index contributed by atoms with van der Waals surface area (Å²) in [5.74, 6) is 0.146. The molecule has 8 heteroatoms. The fourth-order valence-electron chi connectivity index (χ4n) is 6.03. The maximum Gasteiger partial charge on any atom is 0.334 e. The topological polar surface area (TPSA) is 97.3 Å². The van der Waals surface area contributed by atoms with Crippen LogP contribution < -0.4 is 14.8 Å². The molecule has 2 N–H and O–H groups in total. The van der Waals surface area contributed by atoms with Gasteiger partial charge in [0.25, 0.3) is 0 Å². The minimum absolute atomic E-state index is 0.0280. The Morgan fingerprint density at radius 2 is 2.03 bits per heavy atom. The van der Waals surface area contributed by atoms with E-state index in [0.29, 0.717) is 29.9 Å². The average molecular weight is 414 g/mol. The van der Waals surface area contributed by atoms with Crippen LogP contribution in [-0.2, 0) is 19.7 Å². The van der Waals surface area contributed by atoms with Crippen molar-refractivity contribution >= 4 is 17.6 Å². The van der Waals surface area contributed by atoms with Crippen LogP contribution in [0.25, 0.3) is 0 Å². The molecule has 1 amide bonds. The molecule has 2 fully saturated rings. The number of nitrogens with one attached hydrogen (secondary N) is 1. The number of carbonyl (C=O) groups excluding carboxylic acids is 1. The quantitative estimate of drug-likeness (QED) is 0.781. The number of hydrogen-bond acceptors (Lipinski definition) is 6. The van der Waals surface area contributed by atoms with E-state index in [1.165, 1.54) is 6.26 Å². The van der Waals surface area contributed by atoms with E-state index in [1.807, 2.05) is 19.1 Å². The van der Waals surface area contributed by atoms with Crippen LogP contribution in [-0.4, -0.2) is 61.3 Å². The summed E-state index contributed by atoms with van der Waals surface area (Å²) in [6, 6.07) is 3.64. The predicted molar refractivity (Wildman–Crippen MR) is 108 cm³/mol. The number of amides is 1. The Bertz CT molecular complexity index is 959. The molecule has 2 saturated heterocycles. The minimum atomic E-state index is -0.944. The number of carboxylic acid groups (broad SMARTS) is 1. The Labute approximate surface area is 174 Å². The highest BCUT2D eigenvalue weighted by atomic mass is 16.5. The number of hydrogen-bond donors (Lipinski definition) is 2. The van der Waals surface area contributed by atoms with Crippen LogP contribution in [0.15, 0.2) is 24.0 Å². The third-order valence-corrected chi connectivity index (χ3v) is 7.56. The van der Waals surface area contributed by atoms with Gasteiger partial charge in [0.15, 0.2) is 11.5 Å². The van der Waals surface area contributed by atoms with E-state index in [0.717, 1.165) is 24.3 Å². The summed E-state index contributed by atoms with van der Waals surface area (Å²) >= 11 is 0. The van der Waals surface area contributed by atoms with Crippen molar-refractivity contribution in [2.45, 2.75) is 37.3 Å². The van der Waals surface area contributed by atoms with E-state index < -0.39 is 11.4 Å². The van der Waals surface area contributed by atoms with Crippen molar-refractivity contribution in [1.29, 1.82) is 0 Å². The second-order valence-corrected chi connectivity index (χ2v) is 8.66. The van der Waals surface area contributed by atoms with Gasteiger partial charge in [-0.2, -0.15) is 0 Å². The summed E-state index contributed by atoms with van der Waals surface area (Å²) in [7, 11) is 3.15. The van der Waals surface area contributed by atoms with Gasteiger partial charge < -0.3 is 24.6 Å². The first-order chi connectivity index (χ1) is 14.4. The first-order valence-electron chi connectivity index (χ1n) is 10.3. The summed E-state index contributed by atoms with van der Waals surface area (Å²) in [5, 5.41) is 12.8. The van der Waals surface area contributed by atoms with Crippen LogP contribution in [0.2, 0.25) is 0 Å². The normalized spacial score (nSPS) is 34.4. The number of ether oxygens (including phenoxy) is 3. The molecular weight excluding hydrogens is 388 g/mol. The van der Waals surface area contributed by atoms with Gasteiger partial charge in [-0.05, 0) is 37.9 Å². The molecule has 0 aromatic heterocycles. The Balaban J connectivity index is 1.58. The van der Waals surface area contributed by atoms with Gasteiger partial charge >= 0.3 is 5.97 Å². The summed E-state index contributed by atoms with van der Waals surface area (Å²) in [6.07, 6.45) is 2.65. The molecule has 4 heterocycles. The molecule has 1 spiro atoms. The Morgan fingerprint density at radius 1 is 1.30 bits per heavy atom. The van der Waals surface area contributed by atoms with E-state index in [2.05, 4.69) is 10.2 Å². The minimum Gasteiger partial charge on any atom is -0.497 e. The van der Waals surface area contributed by atoms with E-state index in [1.54, 1.807) is 14.2 Å². The van der Waals surface area contributed by atoms with Gasteiger partial charge in [0.1, 0.15) is 0 Å². The maximum atomic E-state index is 13.4. The van der Waals surface area contributed by atoms with E-state index in [9.17, 15) is 14.7 Å². The maximum absolute atomic E-state index is 13.4. The summed E-state index contributed by atoms with van der Waals surface area (Å²) in [5.41, 5.74) is 1.25.